The number of nitrogens with zero attached hydrogens (tertiary/aromatic N) is 2. The van der Waals surface area contributed by atoms with Gasteiger partial charge < -0.3 is 10.1 Å². The zero-order chi connectivity index (χ0) is 22.1. The molecule has 0 aliphatic carbocycles. The summed E-state index contributed by atoms with van der Waals surface area (Å²) in [5.41, 5.74) is 2.19. The zero-order valence-electron chi connectivity index (χ0n) is 18.2. The number of ether oxygens (including phenoxy) is 1. The fourth-order valence-electron chi connectivity index (χ4n) is 5.23. The maximum Gasteiger partial charge on any atom is 0.279 e. The molecule has 3 heterocycles. The SMILES string of the molecule is CC(=O)NCC1C[C@H]2CC[C@@H](C1)N2CCc1ccc(Oc2nc3cccc(Cl)c3s2)cc1. The molecule has 0 saturated carbocycles. The van der Waals surface area contributed by atoms with Gasteiger partial charge in [0, 0.05) is 32.1 Å². The summed E-state index contributed by atoms with van der Waals surface area (Å²) < 4.78 is 6.93. The molecule has 7 heteroatoms. The van der Waals surface area contributed by atoms with Gasteiger partial charge in [-0.1, -0.05) is 41.1 Å². The van der Waals surface area contributed by atoms with Crippen molar-refractivity contribution >= 4 is 39.1 Å². The van der Waals surface area contributed by atoms with Gasteiger partial charge in [-0.3, -0.25) is 9.69 Å². The molecule has 1 aromatic heterocycles. The summed E-state index contributed by atoms with van der Waals surface area (Å²) in [7, 11) is 0. The van der Waals surface area contributed by atoms with E-state index in [0.29, 0.717) is 28.2 Å². The Hall–Kier alpha value is -2.15. The minimum atomic E-state index is 0.0825. The van der Waals surface area contributed by atoms with E-state index in [1.165, 1.54) is 42.6 Å². The number of amides is 1. The van der Waals surface area contributed by atoms with E-state index in [0.717, 1.165) is 35.5 Å². The van der Waals surface area contributed by atoms with E-state index in [2.05, 4.69) is 27.3 Å². The molecule has 5 rings (SSSR count). The summed E-state index contributed by atoms with van der Waals surface area (Å²) in [6, 6.07) is 15.4. The molecule has 0 radical (unpaired) electrons. The van der Waals surface area contributed by atoms with Crippen LogP contribution >= 0.6 is 22.9 Å². The highest BCUT2D eigenvalue weighted by Crippen LogP contribution is 2.39. The van der Waals surface area contributed by atoms with Crippen molar-refractivity contribution in [3.05, 3.63) is 53.1 Å². The molecule has 1 unspecified atom stereocenters. The van der Waals surface area contributed by atoms with Gasteiger partial charge in [-0.25, -0.2) is 4.98 Å². The summed E-state index contributed by atoms with van der Waals surface area (Å²) >= 11 is 7.72. The molecule has 1 N–H and O–H groups in total. The Morgan fingerprint density at radius 1 is 1.19 bits per heavy atom. The number of halogens is 1. The standard InChI is InChI=1S/C25H28ClN3O2S/c1-16(30)27-15-18-13-19-7-8-20(14-18)29(19)12-11-17-5-9-21(10-6-17)31-25-28-23-4-2-3-22(26)24(23)32-25/h2-6,9-10,18-20H,7-8,11-15H2,1H3,(H,27,30)/t18?,19-,20+. The molecular formula is C25H28ClN3O2S. The average molecular weight is 470 g/mol. The molecule has 2 aliphatic heterocycles. The lowest BCUT2D eigenvalue weighted by molar-refractivity contribution is -0.119. The Bertz CT molecular complexity index is 1090. The first kappa shape index (κ1) is 21.7. The summed E-state index contributed by atoms with van der Waals surface area (Å²) in [6.07, 6.45) is 6.03. The first-order valence-electron chi connectivity index (χ1n) is 11.4. The van der Waals surface area contributed by atoms with Crippen LogP contribution in [-0.2, 0) is 11.2 Å². The van der Waals surface area contributed by atoms with Crippen LogP contribution in [0.3, 0.4) is 0 Å². The van der Waals surface area contributed by atoms with Crippen LogP contribution in [0.25, 0.3) is 10.2 Å². The number of thiazole rings is 1. The Labute approximate surface area is 197 Å². The van der Waals surface area contributed by atoms with Crippen LogP contribution < -0.4 is 10.1 Å². The molecule has 0 spiro atoms. The first-order valence-corrected chi connectivity index (χ1v) is 12.6. The van der Waals surface area contributed by atoms with E-state index in [-0.39, 0.29) is 5.91 Å². The number of aromatic nitrogens is 1. The highest BCUT2D eigenvalue weighted by molar-refractivity contribution is 7.20. The second-order valence-corrected chi connectivity index (χ2v) is 10.3. The van der Waals surface area contributed by atoms with E-state index >= 15 is 0 Å². The van der Waals surface area contributed by atoms with E-state index in [9.17, 15) is 4.79 Å². The molecule has 5 nitrogen and oxygen atoms in total. The summed E-state index contributed by atoms with van der Waals surface area (Å²) in [4.78, 5) is 18.5. The highest BCUT2D eigenvalue weighted by atomic mass is 35.5. The van der Waals surface area contributed by atoms with Crippen molar-refractivity contribution in [3.8, 4) is 10.9 Å². The number of fused-ring (bicyclic) bond motifs is 3. The summed E-state index contributed by atoms with van der Waals surface area (Å²) in [5, 5.41) is 4.33. The van der Waals surface area contributed by atoms with Crippen molar-refractivity contribution in [1.29, 1.82) is 0 Å². The third kappa shape index (κ3) is 4.77. The summed E-state index contributed by atoms with van der Waals surface area (Å²) in [5.74, 6) is 1.50. The number of piperidine rings is 1. The molecule has 3 aromatic rings. The van der Waals surface area contributed by atoms with Crippen LogP contribution in [0, 0.1) is 5.92 Å². The number of nitrogens with one attached hydrogen (secondary N) is 1. The van der Waals surface area contributed by atoms with Gasteiger partial charge in [0.2, 0.25) is 5.91 Å². The lowest BCUT2D eigenvalue weighted by Crippen LogP contribution is -2.46. The van der Waals surface area contributed by atoms with Crippen LogP contribution in [0.5, 0.6) is 10.9 Å². The maximum absolute atomic E-state index is 11.2. The lowest BCUT2D eigenvalue weighted by Gasteiger charge is -2.39. The molecule has 32 heavy (non-hydrogen) atoms. The van der Waals surface area contributed by atoms with Gasteiger partial charge in [0.1, 0.15) is 5.75 Å². The van der Waals surface area contributed by atoms with Gasteiger partial charge in [-0.2, -0.15) is 0 Å². The fourth-order valence-corrected chi connectivity index (χ4v) is 6.35. The topological polar surface area (TPSA) is 54.5 Å². The van der Waals surface area contributed by atoms with Gasteiger partial charge in [-0.15, -0.1) is 0 Å². The fraction of sp³-hybridized carbons (Fsp3) is 0.440. The number of rotatable bonds is 7. The number of benzene rings is 2. The average Bonchev–Trinajstić information content (AvgIpc) is 3.29. The van der Waals surface area contributed by atoms with Crippen LogP contribution in [0.1, 0.15) is 38.2 Å². The van der Waals surface area contributed by atoms with Crippen LogP contribution in [0.2, 0.25) is 5.02 Å². The first-order chi connectivity index (χ1) is 15.5. The van der Waals surface area contributed by atoms with Gasteiger partial charge in [-0.05, 0) is 67.9 Å². The quantitative estimate of drug-likeness (QED) is 0.484. The number of hydrogen-bond donors (Lipinski definition) is 1. The van der Waals surface area contributed by atoms with E-state index < -0.39 is 0 Å². The molecule has 3 atom stereocenters. The van der Waals surface area contributed by atoms with Crippen molar-refractivity contribution in [1.82, 2.24) is 15.2 Å². The smallest absolute Gasteiger partial charge is 0.279 e. The van der Waals surface area contributed by atoms with E-state index in [1.807, 2.05) is 30.3 Å². The van der Waals surface area contributed by atoms with Crippen LogP contribution in [0.15, 0.2) is 42.5 Å². The third-order valence-electron chi connectivity index (χ3n) is 6.76. The molecule has 2 bridgehead atoms. The normalized spacial score (nSPS) is 22.9. The second kappa shape index (κ2) is 9.38. The molecule has 1 amide bonds. The Morgan fingerprint density at radius 2 is 1.94 bits per heavy atom. The predicted molar refractivity (Wildman–Crippen MR) is 130 cm³/mol. The number of carbonyl (C=O) groups is 1. The van der Waals surface area contributed by atoms with Crippen molar-refractivity contribution in [2.24, 2.45) is 5.92 Å². The monoisotopic (exact) mass is 469 g/mol. The lowest BCUT2D eigenvalue weighted by atomic mass is 9.90. The zero-order valence-corrected chi connectivity index (χ0v) is 19.8. The van der Waals surface area contributed by atoms with Gasteiger partial charge >= 0.3 is 0 Å². The van der Waals surface area contributed by atoms with Crippen LogP contribution in [-0.4, -0.2) is 41.0 Å². The second-order valence-electron chi connectivity index (χ2n) is 8.96. The predicted octanol–water partition coefficient (Wildman–Crippen LogP) is 5.66. The highest BCUT2D eigenvalue weighted by Gasteiger charge is 2.40. The maximum atomic E-state index is 11.2. The Morgan fingerprint density at radius 3 is 2.62 bits per heavy atom. The van der Waals surface area contributed by atoms with Crippen molar-refractivity contribution < 1.29 is 9.53 Å². The van der Waals surface area contributed by atoms with Gasteiger partial charge in [0.25, 0.3) is 5.19 Å². The summed E-state index contributed by atoms with van der Waals surface area (Å²) in [6.45, 7) is 3.53. The minimum Gasteiger partial charge on any atom is -0.431 e. The van der Waals surface area contributed by atoms with Crippen LogP contribution in [0.4, 0.5) is 0 Å². The Balaban J connectivity index is 1.15. The molecule has 2 fully saturated rings. The van der Waals surface area contributed by atoms with Crippen molar-refractivity contribution in [3.63, 3.8) is 0 Å². The van der Waals surface area contributed by atoms with Crippen molar-refractivity contribution in [2.75, 3.05) is 13.1 Å². The van der Waals surface area contributed by atoms with Crippen molar-refractivity contribution in [2.45, 2.75) is 51.1 Å². The third-order valence-corrected chi connectivity index (χ3v) is 8.17. The number of carbonyl (C=O) groups excluding carboxylic acids is 1. The number of hydrogen-bond acceptors (Lipinski definition) is 5. The van der Waals surface area contributed by atoms with E-state index in [1.54, 1.807) is 6.92 Å². The molecule has 168 valence electrons. The largest absolute Gasteiger partial charge is 0.431 e. The van der Waals surface area contributed by atoms with Gasteiger partial charge in [0.05, 0.1) is 15.2 Å². The molecular weight excluding hydrogens is 442 g/mol. The molecule has 2 aliphatic rings. The Kier molecular flexibility index (Phi) is 6.35. The van der Waals surface area contributed by atoms with Gasteiger partial charge in [0.15, 0.2) is 0 Å². The molecule has 2 aromatic carbocycles. The van der Waals surface area contributed by atoms with E-state index in [4.69, 9.17) is 16.3 Å². The minimum absolute atomic E-state index is 0.0825. The molecule has 2 saturated heterocycles.